The summed E-state index contributed by atoms with van der Waals surface area (Å²) in [4.78, 5) is 2.48. The Morgan fingerprint density at radius 1 is 1.33 bits per heavy atom. The van der Waals surface area contributed by atoms with Crippen molar-refractivity contribution in [2.45, 2.75) is 44.8 Å². The molecule has 0 N–H and O–H groups in total. The van der Waals surface area contributed by atoms with Crippen LogP contribution >= 0.6 is 0 Å². The van der Waals surface area contributed by atoms with Gasteiger partial charge in [0.2, 0.25) is 0 Å². The lowest BCUT2D eigenvalue weighted by molar-refractivity contribution is -0.0727. The molecule has 2 fully saturated rings. The molecule has 3 heterocycles. The average Bonchev–Trinajstić information content (AvgIpc) is 3.06. The smallest absolute Gasteiger partial charge is 0.118 e. The summed E-state index contributed by atoms with van der Waals surface area (Å²) in [6.45, 7) is 6.90. The van der Waals surface area contributed by atoms with E-state index in [9.17, 15) is 0 Å². The molecule has 0 unspecified atom stereocenters. The molecule has 2 aliphatic heterocycles. The molecular weight excluding hydrogens is 266 g/mol. The van der Waals surface area contributed by atoms with Crippen LogP contribution in [0, 0.1) is 12.8 Å². The highest BCUT2D eigenvalue weighted by atomic mass is 16.5. The predicted molar refractivity (Wildman–Crippen MR) is 81.2 cm³/mol. The Hall–Kier alpha value is -0.840. The number of rotatable bonds is 5. The van der Waals surface area contributed by atoms with Crippen molar-refractivity contribution in [3.05, 3.63) is 23.7 Å². The first-order valence-electron chi connectivity index (χ1n) is 8.12. The highest BCUT2D eigenvalue weighted by Gasteiger charge is 2.45. The van der Waals surface area contributed by atoms with Crippen LogP contribution in [0.25, 0.3) is 0 Å². The number of nitrogens with zero attached hydrogens (tertiary/aromatic N) is 1. The third-order valence-electron chi connectivity index (χ3n) is 5.15. The fourth-order valence-corrected chi connectivity index (χ4v) is 3.89. The predicted octanol–water partition coefficient (Wildman–Crippen LogP) is 3.00. The third kappa shape index (κ3) is 3.33. The van der Waals surface area contributed by atoms with E-state index < -0.39 is 0 Å². The van der Waals surface area contributed by atoms with Gasteiger partial charge in [-0.2, -0.15) is 0 Å². The van der Waals surface area contributed by atoms with Crippen molar-refractivity contribution in [2.75, 3.05) is 33.4 Å². The molecule has 1 aromatic heterocycles. The van der Waals surface area contributed by atoms with E-state index in [0.29, 0.717) is 5.92 Å². The first-order chi connectivity index (χ1) is 10.2. The van der Waals surface area contributed by atoms with Gasteiger partial charge in [-0.3, -0.25) is 4.90 Å². The van der Waals surface area contributed by atoms with Crippen LogP contribution < -0.4 is 0 Å². The van der Waals surface area contributed by atoms with Crippen molar-refractivity contribution < 1.29 is 13.9 Å². The van der Waals surface area contributed by atoms with Gasteiger partial charge in [0.1, 0.15) is 11.5 Å². The summed E-state index contributed by atoms with van der Waals surface area (Å²) in [7, 11) is 1.79. The van der Waals surface area contributed by atoms with Gasteiger partial charge in [-0.05, 0) is 50.7 Å². The van der Waals surface area contributed by atoms with Crippen molar-refractivity contribution in [1.82, 2.24) is 4.90 Å². The fourth-order valence-electron chi connectivity index (χ4n) is 3.89. The molecule has 21 heavy (non-hydrogen) atoms. The molecule has 4 nitrogen and oxygen atoms in total. The molecule has 0 aromatic carbocycles. The number of hydrogen-bond acceptors (Lipinski definition) is 4. The number of aryl methyl sites for hydroxylation is 1. The summed E-state index contributed by atoms with van der Waals surface area (Å²) >= 11 is 0. The van der Waals surface area contributed by atoms with Gasteiger partial charge in [-0.25, -0.2) is 0 Å². The van der Waals surface area contributed by atoms with E-state index in [1.54, 1.807) is 7.11 Å². The molecule has 0 amide bonds. The minimum atomic E-state index is 0.119. The summed E-state index contributed by atoms with van der Waals surface area (Å²) in [5.41, 5.74) is 0.119. The van der Waals surface area contributed by atoms with Crippen LogP contribution in [0.1, 0.15) is 37.2 Å². The largest absolute Gasteiger partial charge is 0.465 e. The quantitative estimate of drug-likeness (QED) is 0.836. The van der Waals surface area contributed by atoms with E-state index in [1.165, 1.54) is 6.42 Å². The average molecular weight is 293 g/mol. The summed E-state index contributed by atoms with van der Waals surface area (Å²) in [5, 5.41) is 0. The molecule has 1 spiro atoms. The topological polar surface area (TPSA) is 34.8 Å². The molecule has 1 atom stereocenters. The normalized spacial score (nSPS) is 25.7. The Morgan fingerprint density at radius 2 is 2.14 bits per heavy atom. The number of likely N-dealkylation sites (tertiary alicyclic amines) is 1. The molecule has 0 bridgehead atoms. The van der Waals surface area contributed by atoms with Crippen LogP contribution in [-0.4, -0.2) is 43.9 Å². The number of furan rings is 1. The minimum Gasteiger partial charge on any atom is -0.465 e. The van der Waals surface area contributed by atoms with Crippen molar-refractivity contribution in [3.63, 3.8) is 0 Å². The van der Waals surface area contributed by atoms with Crippen LogP contribution in [0.5, 0.6) is 0 Å². The van der Waals surface area contributed by atoms with Crippen molar-refractivity contribution >= 4 is 0 Å². The van der Waals surface area contributed by atoms with Gasteiger partial charge in [-0.1, -0.05) is 0 Å². The molecule has 2 saturated heterocycles. The molecule has 0 aliphatic carbocycles. The highest BCUT2D eigenvalue weighted by Crippen LogP contribution is 2.42. The number of hydrogen-bond donors (Lipinski definition) is 0. The number of methoxy groups -OCH3 is 1. The van der Waals surface area contributed by atoms with Gasteiger partial charge in [0, 0.05) is 33.4 Å². The fraction of sp³-hybridized carbons (Fsp3) is 0.765. The Kier molecular flexibility index (Phi) is 4.67. The molecule has 4 heteroatoms. The zero-order chi connectivity index (χ0) is 14.7. The molecule has 1 aromatic rings. The summed E-state index contributed by atoms with van der Waals surface area (Å²) in [6, 6.07) is 4.13. The Morgan fingerprint density at radius 3 is 2.81 bits per heavy atom. The second kappa shape index (κ2) is 6.51. The maximum Gasteiger partial charge on any atom is 0.118 e. The van der Waals surface area contributed by atoms with Crippen LogP contribution in [0.2, 0.25) is 0 Å². The monoisotopic (exact) mass is 293 g/mol. The zero-order valence-corrected chi connectivity index (χ0v) is 13.3. The Bertz CT molecular complexity index is 449. The van der Waals surface area contributed by atoms with E-state index in [4.69, 9.17) is 13.9 Å². The van der Waals surface area contributed by atoms with Crippen LogP contribution in [0.15, 0.2) is 16.5 Å². The molecule has 0 saturated carbocycles. The second-order valence-electron chi connectivity index (χ2n) is 6.47. The van der Waals surface area contributed by atoms with Crippen molar-refractivity contribution in [1.29, 1.82) is 0 Å². The second-order valence-corrected chi connectivity index (χ2v) is 6.47. The van der Waals surface area contributed by atoms with Gasteiger partial charge < -0.3 is 13.9 Å². The first-order valence-corrected chi connectivity index (χ1v) is 8.12. The minimum absolute atomic E-state index is 0.119. The van der Waals surface area contributed by atoms with Gasteiger partial charge in [-0.15, -0.1) is 0 Å². The van der Waals surface area contributed by atoms with Crippen molar-refractivity contribution in [3.8, 4) is 0 Å². The number of ether oxygens (including phenoxy) is 2. The summed E-state index contributed by atoms with van der Waals surface area (Å²) in [6.07, 6.45) is 4.61. The van der Waals surface area contributed by atoms with E-state index in [0.717, 1.165) is 63.6 Å². The van der Waals surface area contributed by atoms with Gasteiger partial charge >= 0.3 is 0 Å². The zero-order valence-electron chi connectivity index (χ0n) is 13.3. The SMILES string of the molecule is COCC[C@@H]1CCOC12CCN(Cc1ccc(C)o1)CC2. The van der Waals surface area contributed by atoms with E-state index >= 15 is 0 Å². The highest BCUT2D eigenvalue weighted by molar-refractivity contribution is 5.06. The lowest BCUT2D eigenvalue weighted by atomic mass is 9.78. The first kappa shape index (κ1) is 15.1. The van der Waals surface area contributed by atoms with Gasteiger partial charge in [0.25, 0.3) is 0 Å². The van der Waals surface area contributed by atoms with E-state index in [2.05, 4.69) is 11.0 Å². The number of piperidine rings is 1. The Balaban J connectivity index is 1.54. The molecule has 118 valence electrons. The van der Waals surface area contributed by atoms with Crippen LogP contribution in [0.4, 0.5) is 0 Å². The van der Waals surface area contributed by atoms with Gasteiger partial charge in [0.15, 0.2) is 0 Å². The summed E-state index contributed by atoms with van der Waals surface area (Å²) in [5.74, 6) is 2.74. The molecule has 2 aliphatic rings. The molecule has 3 rings (SSSR count). The van der Waals surface area contributed by atoms with Crippen molar-refractivity contribution in [2.24, 2.45) is 5.92 Å². The third-order valence-corrected chi connectivity index (χ3v) is 5.15. The molecular formula is C17H27NO3. The molecule has 0 radical (unpaired) electrons. The Labute approximate surface area is 127 Å². The standard InChI is InChI=1S/C17H27NO3/c1-14-3-4-16(21-14)13-18-9-7-17(8-10-18)15(5-11-19-2)6-12-20-17/h3-4,15H,5-13H2,1-2H3/t15-/m1/s1. The maximum absolute atomic E-state index is 6.19. The lowest BCUT2D eigenvalue weighted by Crippen LogP contribution is -2.47. The summed E-state index contributed by atoms with van der Waals surface area (Å²) < 4.78 is 17.1. The van der Waals surface area contributed by atoms with Crippen LogP contribution in [0.3, 0.4) is 0 Å². The lowest BCUT2D eigenvalue weighted by Gasteiger charge is -2.42. The van der Waals surface area contributed by atoms with Gasteiger partial charge in [0.05, 0.1) is 12.1 Å². The van der Waals surface area contributed by atoms with Crippen LogP contribution in [-0.2, 0) is 16.0 Å². The van der Waals surface area contributed by atoms with E-state index in [-0.39, 0.29) is 5.60 Å². The van der Waals surface area contributed by atoms with E-state index in [1.807, 2.05) is 13.0 Å². The maximum atomic E-state index is 6.19.